The number of rotatable bonds is 5. The number of aliphatic hydroxyl groups excluding tert-OH is 1. The summed E-state index contributed by atoms with van der Waals surface area (Å²) in [5, 5.41) is 12.4. The molecule has 1 aliphatic rings. The summed E-state index contributed by atoms with van der Waals surface area (Å²) in [6, 6.07) is 0. The Labute approximate surface area is 78.8 Å². The number of aliphatic hydroxyl groups is 1. The predicted molar refractivity (Wildman–Crippen MR) is 51.2 cm³/mol. The van der Waals surface area contributed by atoms with Gasteiger partial charge in [0.25, 0.3) is 0 Å². The van der Waals surface area contributed by atoms with E-state index >= 15 is 0 Å². The molecule has 0 amide bonds. The number of allylic oxidation sites excluding steroid dienone is 2. The van der Waals surface area contributed by atoms with Crippen molar-refractivity contribution in [1.29, 1.82) is 0 Å². The third-order valence-corrected chi connectivity index (χ3v) is 2.28. The molecule has 0 spiro atoms. The zero-order valence-electron chi connectivity index (χ0n) is 8.05. The molecule has 74 valence electrons. The van der Waals surface area contributed by atoms with E-state index in [1.807, 2.05) is 6.92 Å². The summed E-state index contributed by atoms with van der Waals surface area (Å²) in [6.45, 7) is 2.72. The van der Waals surface area contributed by atoms with Gasteiger partial charge < -0.3 is 10.4 Å². The van der Waals surface area contributed by atoms with Crippen molar-refractivity contribution >= 4 is 5.78 Å². The van der Waals surface area contributed by atoms with Gasteiger partial charge in [0.05, 0.1) is 6.10 Å². The monoisotopic (exact) mass is 183 g/mol. The van der Waals surface area contributed by atoms with Crippen molar-refractivity contribution < 1.29 is 9.90 Å². The van der Waals surface area contributed by atoms with Gasteiger partial charge in [0, 0.05) is 24.7 Å². The first kappa shape index (κ1) is 10.3. The fraction of sp³-hybridized carbons (Fsp3) is 0.700. The van der Waals surface area contributed by atoms with Crippen molar-refractivity contribution in [3.63, 3.8) is 0 Å². The standard InChI is InChI=1S/C10H17NO2/c1-2-9(12)5-6-11-8-3-4-10(13)7-8/h7,9,11-12H,2-6H2,1H3. The average Bonchev–Trinajstić information content (AvgIpc) is 2.51. The van der Waals surface area contributed by atoms with Crippen LogP contribution in [-0.2, 0) is 4.79 Å². The highest BCUT2D eigenvalue weighted by Crippen LogP contribution is 2.11. The number of hydrogen-bond acceptors (Lipinski definition) is 3. The van der Waals surface area contributed by atoms with Crippen LogP contribution in [0.3, 0.4) is 0 Å². The minimum Gasteiger partial charge on any atom is -0.393 e. The Hall–Kier alpha value is -0.830. The highest BCUT2D eigenvalue weighted by Gasteiger charge is 2.11. The average molecular weight is 183 g/mol. The Morgan fingerprint density at radius 1 is 1.62 bits per heavy atom. The highest BCUT2D eigenvalue weighted by atomic mass is 16.3. The van der Waals surface area contributed by atoms with E-state index in [2.05, 4.69) is 5.32 Å². The lowest BCUT2D eigenvalue weighted by Gasteiger charge is -2.09. The SMILES string of the molecule is CCC(O)CCNC1=CC(=O)CC1. The van der Waals surface area contributed by atoms with Crippen LogP contribution in [0, 0.1) is 0 Å². The van der Waals surface area contributed by atoms with E-state index in [1.54, 1.807) is 6.08 Å². The molecule has 3 nitrogen and oxygen atoms in total. The fourth-order valence-electron chi connectivity index (χ4n) is 1.34. The largest absolute Gasteiger partial charge is 0.393 e. The van der Waals surface area contributed by atoms with Crippen molar-refractivity contribution in [2.24, 2.45) is 0 Å². The van der Waals surface area contributed by atoms with Gasteiger partial charge in [0.1, 0.15) is 0 Å². The minimum atomic E-state index is -0.217. The normalized spacial score (nSPS) is 18.6. The van der Waals surface area contributed by atoms with E-state index in [0.29, 0.717) is 6.42 Å². The van der Waals surface area contributed by atoms with Crippen molar-refractivity contribution in [3.05, 3.63) is 11.8 Å². The number of carbonyl (C=O) groups is 1. The summed E-state index contributed by atoms with van der Waals surface area (Å²) in [6.07, 6.45) is 4.46. The van der Waals surface area contributed by atoms with Crippen molar-refractivity contribution in [1.82, 2.24) is 5.32 Å². The number of carbonyl (C=O) groups excluding carboxylic acids is 1. The summed E-state index contributed by atoms with van der Waals surface area (Å²) >= 11 is 0. The van der Waals surface area contributed by atoms with Gasteiger partial charge in [-0.3, -0.25) is 4.79 Å². The second kappa shape index (κ2) is 5.02. The van der Waals surface area contributed by atoms with Crippen molar-refractivity contribution in [3.8, 4) is 0 Å². The van der Waals surface area contributed by atoms with Crippen LogP contribution in [0.4, 0.5) is 0 Å². The molecule has 0 aliphatic heterocycles. The summed E-state index contributed by atoms with van der Waals surface area (Å²) in [4.78, 5) is 10.8. The summed E-state index contributed by atoms with van der Waals surface area (Å²) < 4.78 is 0. The Kier molecular flexibility index (Phi) is 3.96. The molecule has 0 saturated carbocycles. The van der Waals surface area contributed by atoms with Crippen LogP contribution < -0.4 is 5.32 Å². The van der Waals surface area contributed by atoms with E-state index in [-0.39, 0.29) is 11.9 Å². The summed E-state index contributed by atoms with van der Waals surface area (Å²) in [7, 11) is 0. The first-order chi connectivity index (χ1) is 6.22. The second-order valence-corrected chi connectivity index (χ2v) is 3.41. The number of hydrogen-bond donors (Lipinski definition) is 2. The third-order valence-electron chi connectivity index (χ3n) is 2.28. The van der Waals surface area contributed by atoms with Crippen LogP contribution >= 0.6 is 0 Å². The molecule has 0 fully saturated rings. The quantitative estimate of drug-likeness (QED) is 0.668. The smallest absolute Gasteiger partial charge is 0.157 e. The summed E-state index contributed by atoms with van der Waals surface area (Å²) in [5.41, 5.74) is 1.02. The van der Waals surface area contributed by atoms with Crippen LogP contribution in [0.15, 0.2) is 11.8 Å². The molecule has 0 aromatic rings. The first-order valence-corrected chi connectivity index (χ1v) is 4.87. The maximum absolute atomic E-state index is 10.8. The predicted octanol–water partition coefficient (Wildman–Crippen LogP) is 0.984. The van der Waals surface area contributed by atoms with Crippen LogP contribution in [0.2, 0.25) is 0 Å². The van der Waals surface area contributed by atoms with E-state index in [1.165, 1.54) is 0 Å². The van der Waals surface area contributed by atoms with E-state index in [0.717, 1.165) is 31.5 Å². The van der Waals surface area contributed by atoms with E-state index in [9.17, 15) is 9.90 Å². The van der Waals surface area contributed by atoms with Gasteiger partial charge in [-0.25, -0.2) is 0 Å². The van der Waals surface area contributed by atoms with Gasteiger partial charge in [0.15, 0.2) is 5.78 Å². The Morgan fingerprint density at radius 3 is 2.92 bits per heavy atom. The molecule has 0 bridgehead atoms. The maximum Gasteiger partial charge on any atom is 0.157 e. The highest BCUT2D eigenvalue weighted by molar-refractivity contribution is 5.92. The van der Waals surface area contributed by atoms with Gasteiger partial charge in [0.2, 0.25) is 0 Å². The van der Waals surface area contributed by atoms with Crippen molar-refractivity contribution in [2.75, 3.05) is 6.54 Å². The molecule has 0 radical (unpaired) electrons. The Morgan fingerprint density at radius 2 is 2.38 bits per heavy atom. The molecule has 0 aromatic heterocycles. The van der Waals surface area contributed by atoms with Gasteiger partial charge in [-0.2, -0.15) is 0 Å². The van der Waals surface area contributed by atoms with Gasteiger partial charge in [-0.1, -0.05) is 6.92 Å². The molecule has 2 N–H and O–H groups in total. The van der Waals surface area contributed by atoms with Gasteiger partial charge in [-0.05, 0) is 19.3 Å². The first-order valence-electron chi connectivity index (χ1n) is 4.87. The molecule has 3 heteroatoms. The molecule has 1 unspecified atom stereocenters. The molecule has 1 rings (SSSR count). The zero-order valence-corrected chi connectivity index (χ0v) is 8.05. The molecule has 1 atom stereocenters. The molecular formula is C10H17NO2. The topological polar surface area (TPSA) is 49.3 Å². The van der Waals surface area contributed by atoms with E-state index in [4.69, 9.17) is 0 Å². The molecule has 13 heavy (non-hydrogen) atoms. The van der Waals surface area contributed by atoms with Crippen LogP contribution in [0.5, 0.6) is 0 Å². The molecule has 0 heterocycles. The molecule has 0 saturated heterocycles. The molecule has 0 aromatic carbocycles. The molecule has 1 aliphatic carbocycles. The lowest BCUT2D eigenvalue weighted by atomic mass is 10.2. The van der Waals surface area contributed by atoms with Crippen LogP contribution in [0.1, 0.15) is 32.6 Å². The second-order valence-electron chi connectivity index (χ2n) is 3.41. The third kappa shape index (κ3) is 3.59. The van der Waals surface area contributed by atoms with Gasteiger partial charge >= 0.3 is 0 Å². The Balaban J connectivity index is 2.13. The van der Waals surface area contributed by atoms with Crippen LogP contribution in [-0.4, -0.2) is 23.5 Å². The van der Waals surface area contributed by atoms with Crippen molar-refractivity contribution in [2.45, 2.75) is 38.7 Å². The summed E-state index contributed by atoms with van der Waals surface area (Å²) in [5.74, 6) is 0.207. The maximum atomic E-state index is 10.8. The lowest BCUT2D eigenvalue weighted by Crippen LogP contribution is -2.18. The Bertz CT molecular complexity index is 211. The fourth-order valence-corrected chi connectivity index (χ4v) is 1.34. The number of ketones is 1. The van der Waals surface area contributed by atoms with Gasteiger partial charge in [-0.15, -0.1) is 0 Å². The minimum absolute atomic E-state index is 0.207. The van der Waals surface area contributed by atoms with Crippen LogP contribution in [0.25, 0.3) is 0 Å². The number of nitrogens with one attached hydrogen (secondary N) is 1. The zero-order chi connectivity index (χ0) is 9.68. The van der Waals surface area contributed by atoms with E-state index < -0.39 is 0 Å². The lowest BCUT2D eigenvalue weighted by molar-refractivity contribution is -0.114. The molecular weight excluding hydrogens is 166 g/mol.